The quantitative estimate of drug-likeness (QED) is 0.293. The van der Waals surface area contributed by atoms with E-state index in [0.29, 0.717) is 5.92 Å². The molecule has 40 heavy (non-hydrogen) atoms. The van der Waals surface area contributed by atoms with Gasteiger partial charge in [-0.1, -0.05) is 12.1 Å². The van der Waals surface area contributed by atoms with Crippen LogP contribution in [0.3, 0.4) is 0 Å². The van der Waals surface area contributed by atoms with Gasteiger partial charge in [-0.3, -0.25) is 4.79 Å². The lowest BCUT2D eigenvalue weighted by Gasteiger charge is -2.37. The molecule has 3 rings (SSSR count). The maximum Gasteiger partial charge on any atom is 0.573 e. The minimum Gasteiger partial charge on any atom is -0.406 e. The summed E-state index contributed by atoms with van der Waals surface area (Å²) in [5.74, 6) is -0.765. The van der Waals surface area contributed by atoms with E-state index in [1.54, 1.807) is 12.1 Å². The van der Waals surface area contributed by atoms with Gasteiger partial charge < -0.3 is 19.7 Å². The van der Waals surface area contributed by atoms with E-state index >= 15 is 0 Å². The largest absolute Gasteiger partial charge is 0.573 e. The maximum absolute atomic E-state index is 13.8. The fraction of sp³-hybridized carbons (Fsp3) is 0.519. The molecular formula is C27H35F4N3O5S. The van der Waals surface area contributed by atoms with Crippen LogP contribution in [0.1, 0.15) is 37.3 Å². The van der Waals surface area contributed by atoms with Crippen molar-refractivity contribution < 1.29 is 40.2 Å². The molecule has 0 saturated heterocycles. The normalized spacial score (nSPS) is 19.0. The van der Waals surface area contributed by atoms with Crippen LogP contribution in [0.25, 0.3) is 0 Å². The number of ether oxygens (including phenoxy) is 2. The Bertz CT molecular complexity index is 1220. The fourth-order valence-electron chi connectivity index (χ4n) is 5.00. The molecule has 1 unspecified atom stereocenters. The summed E-state index contributed by atoms with van der Waals surface area (Å²) in [4.78, 5) is 14.3. The number of benzene rings is 2. The molecule has 1 atom stereocenters. The zero-order valence-electron chi connectivity index (χ0n) is 22.7. The molecule has 1 fully saturated rings. The zero-order valence-corrected chi connectivity index (χ0v) is 23.5. The molecule has 0 spiro atoms. The minimum atomic E-state index is -4.88. The lowest BCUT2D eigenvalue weighted by Crippen LogP contribution is -2.41. The van der Waals surface area contributed by atoms with Gasteiger partial charge in [-0.2, -0.15) is 4.31 Å². The molecule has 222 valence electrons. The Labute approximate surface area is 232 Å². The first-order valence-corrected chi connectivity index (χ1v) is 14.3. The van der Waals surface area contributed by atoms with E-state index in [-0.39, 0.29) is 48.5 Å². The summed E-state index contributed by atoms with van der Waals surface area (Å²) in [7, 11) is 1.29. The average Bonchev–Trinajstić information content (AvgIpc) is 2.87. The lowest BCUT2D eigenvalue weighted by molar-refractivity contribution is -0.274. The van der Waals surface area contributed by atoms with Crippen molar-refractivity contribution in [1.82, 2.24) is 14.5 Å². The van der Waals surface area contributed by atoms with Gasteiger partial charge in [0.1, 0.15) is 18.2 Å². The summed E-state index contributed by atoms with van der Waals surface area (Å²) in [6.07, 6.45) is -1.57. The number of nitrogens with one attached hydrogen (secondary N) is 1. The number of hydrogen-bond donors (Lipinski definition) is 1. The van der Waals surface area contributed by atoms with E-state index in [9.17, 15) is 30.8 Å². The molecule has 13 heteroatoms. The molecule has 0 bridgehead atoms. The Kier molecular flexibility index (Phi) is 10.9. The number of nitrogens with zero attached hydrogens (tertiary/aromatic N) is 2. The summed E-state index contributed by atoms with van der Waals surface area (Å²) in [6, 6.07) is 10.6. The van der Waals surface area contributed by atoms with Gasteiger partial charge >= 0.3 is 6.36 Å². The van der Waals surface area contributed by atoms with Gasteiger partial charge in [-0.25, -0.2) is 12.8 Å². The molecule has 0 heterocycles. The zero-order chi connectivity index (χ0) is 29.5. The van der Waals surface area contributed by atoms with Crippen LogP contribution in [0.2, 0.25) is 0 Å². The van der Waals surface area contributed by atoms with Crippen LogP contribution < -0.4 is 10.1 Å². The van der Waals surface area contributed by atoms with Gasteiger partial charge in [0.25, 0.3) is 0 Å². The Morgan fingerprint density at radius 3 is 2.27 bits per heavy atom. The second-order valence-electron chi connectivity index (χ2n) is 10.0. The van der Waals surface area contributed by atoms with Crippen LogP contribution in [0.15, 0.2) is 53.4 Å². The number of sulfonamides is 1. The number of rotatable bonds is 12. The lowest BCUT2D eigenvalue weighted by atomic mass is 9.78. The number of amides is 1. The summed E-state index contributed by atoms with van der Waals surface area (Å²) in [5.41, 5.74) is 0.936. The van der Waals surface area contributed by atoms with E-state index in [4.69, 9.17) is 4.74 Å². The standard InChI is InChI=1S/C27H35F4N3O5S/c1-33(2)26(20-5-4-6-21(28)17-20)19-7-9-22(10-8-19)32-25(35)18-38-16-15-34(3)40(36,37)24-13-11-23(12-14-24)39-27(29,30)31/h4-6,11-14,17,19,22,26H,7-10,15-16,18H2,1-3H3,(H,32,35). The molecular weight excluding hydrogens is 554 g/mol. The van der Waals surface area contributed by atoms with Crippen LogP contribution in [0.4, 0.5) is 17.6 Å². The van der Waals surface area contributed by atoms with Gasteiger partial charge in [0.05, 0.1) is 11.5 Å². The Balaban J connectivity index is 1.40. The van der Waals surface area contributed by atoms with E-state index < -0.39 is 22.1 Å². The first-order valence-electron chi connectivity index (χ1n) is 12.9. The van der Waals surface area contributed by atoms with Crippen molar-refractivity contribution in [2.75, 3.05) is 40.9 Å². The highest BCUT2D eigenvalue weighted by Gasteiger charge is 2.32. The summed E-state index contributed by atoms with van der Waals surface area (Å²) < 4.78 is 86.1. The van der Waals surface area contributed by atoms with E-state index in [1.807, 2.05) is 20.2 Å². The first-order chi connectivity index (χ1) is 18.8. The van der Waals surface area contributed by atoms with Crippen molar-refractivity contribution in [2.24, 2.45) is 5.92 Å². The van der Waals surface area contributed by atoms with Crippen LogP contribution in [0.5, 0.6) is 5.75 Å². The highest BCUT2D eigenvalue weighted by molar-refractivity contribution is 7.89. The van der Waals surface area contributed by atoms with Gasteiger partial charge in [0, 0.05) is 25.7 Å². The van der Waals surface area contributed by atoms with Crippen LogP contribution in [-0.2, 0) is 19.6 Å². The summed E-state index contributed by atoms with van der Waals surface area (Å²) >= 11 is 0. The highest BCUT2D eigenvalue weighted by Crippen LogP contribution is 2.37. The molecule has 0 radical (unpaired) electrons. The summed E-state index contributed by atoms with van der Waals surface area (Å²) in [6.45, 7) is -0.349. The maximum atomic E-state index is 13.8. The number of carbonyl (C=O) groups is 1. The third-order valence-electron chi connectivity index (χ3n) is 6.88. The minimum absolute atomic E-state index is 0.00461. The highest BCUT2D eigenvalue weighted by atomic mass is 32.2. The van der Waals surface area contributed by atoms with Gasteiger partial charge in [-0.15, -0.1) is 13.2 Å². The van der Waals surface area contributed by atoms with Crippen molar-refractivity contribution in [3.8, 4) is 5.75 Å². The van der Waals surface area contributed by atoms with Gasteiger partial charge in [0.15, 0.2) is 0 Å². The van der Waals surface area contributed by atoms with Crippen LogP contribution in [-0.4, -0.2) is 76.8 Å². The van der Waals surface area contributed by atoms with Gasteiger partial charge in [-0.05, 0) is 87.7 Å². The van der Waals surface area contributed by atoms with Crippen LogP contribution >= 0.6 is 0 Å². The number of likely N-dealkylation sites (N-methyl/N-ethyl adjacent to an activating group) is 1. The third kappa shape index (κ3) is 9.15. The monoisotopic (exact) mass is 589 g/mol. The molecule has 1 aliphatic rings. The van der Waals surface area contributed by atoms with Crippen molar-refractivity contribution in [3.63, 3.8) is 0 Å². The Hall–Kier alpha value is -2.74. The first kappa shape index (κ1) is 31.8. The third-order valence-corrected chi connectivity index (χ3v) is 8.75. The van der Waals surface area contributed by atoms with Crippen molar-refractivity contribution in [3.05, 3.63) is 59.9 Å². The van der Waals surface area contributed by atoms with Crippen LogP contribution in [0, 0.1) is 11.7 Å². The SMILES string of the molecule is CN(C)C(c1cccc(F)c1)C1CCC(NC(=O)COCCN(C)S(=O)(=O)c2ccc(OC(F)(F)F)cc2)CC1. The number of halogens is 4. The average molecular weight is 590 g/mol. The second kappa shape index (κ2) is 13.7. The number of alkyl halides is 3. The number of carbonyl (C=O) groups excluding carboxylic acids is 1. The molecule has 8 nitrogen and oxygen atoms in total. The fourth-order valence-corrected chi connectivity index (χ4v) is 6.16. The molecule has 0 aromatic heterocycles. The Morgan fingerprint density at radius 1 is 1.05 bits per heavy atom. The van der Waals surface area contributed by atoms with Crippen molar-refractivity contribution in [1.29, 1.82) is 0 Å². The molecule has 1 N–H and O–H groups in total. The predicted octanol–water partition coefficient (Wildman–Crippen LogP) is 4.34. The van der Waals surface area contributed by atoms with Crippen molar-refractivity contribution in [2.45, 2.75) is 49.0 Å². The van der Waals surface area contributed by atoms with Gasteiger partial charge in [0.2, 0.25) is 15.9 Å². The van der Waals surface area contributed by atoms with E-state index in [2.05, 4.69) is 15.0 Å². The molecule has 1 aliphatic carbocycles. The van der Waals surface area contributed by atoms with E-state index in [0.717, 1.165) is 59.8 Å². The second-order valence-corrected chi connectivity index (χ2v) is 12.1. The molecule has 1 saturated carbocycles. The van der Waals surface area contributed by atoms with E-state index in [1.165, 1.54) is 13.1 Å². The Morgan fingerprint density at radius 2 is 1.70 bits per heavy atom. The topological polar surface area (TPSA) is 88.2 Å². The molecule has 0 aliphatic heterocycles. The number of hydrogen-bond acceptors (Lipinski definition) is 6. The predicted molar refractivity (Wildman–Crippen MR) is 140 cm³/mol. The van der Waals surface area contributed by atoms with Crippen molar-refractivity contribution >= 4 is 15.9 Å². The smallest absolute Gasteiger partial charge is 0.406 e. The molecule has 1 amide bonds. The molecule has 2 aromatic carbocycles. The summed E-state index contributed by atoms with van der Waals surface area (Å²) in [5, 5.41) is 2.96. The molecule has 2 aromatic rings.